The predicted octanol–water partition coefficient (Wildman–Crippen LogP) is 8.05. The molecule has 1 saturated heterocycles. The molecule has 2 atom stereocenters. The number of anilines is 1. The number of carbonyl (C=O) groups is 2. The number of hydrogen-bond acceptors (Lipinski definition) is 10. The van der Waals surface area contributed by atoms with Gasteiger partial charge in [-0.25, -0.2) is 0 Å². The molecule has 13 heteroatoms. The van der Waals surface area contributed by atoms with Gasteiger partial charge in [-0.2, -0.15) is 0 Å². The minimum Gasteiger partial charge on any atom is -0.507 e. The molecule has 6 rings (SSSR count). The Morgan fingerprint density at radius 3 is 2.72 bits per heavy atom. The minimum absolute atomic E-state index is 0.00743. The molecule has 0 bridgehead atoms. The average Bonchev–Trinajstić information content (AvgIpc) is 3.74. The average molecular weight is 711 g/mol. The van der Waals surface area contributed by atoms with Gasteiger partial charge in [0.25, 0.3) is 5.78 Å². The van der Waals surface area contributed by atoms with Crippen molar-refractivity contribution in [2.24, 2.45) is 0 Å². The van der Waals surface area contributed by atoms with E-state index in [0.29, 0.717) is 55.8 Å². The van der Waals surface area contributed by atoms with Gasteiger partial charge in [0.15, 0.2) is 15.8 Å². The van der Waals surface area contributed by atoms with Gasteiger partial charge in [0.2, 0.25) is 5.13 Å². The van der Waals surface area contributed by atoms with Crippen LogP contribution >= 0.6 is 46.3 Å². The molecule has 0 aliphatic carbocycles. The van der Waals surface area contributed by atoms with Crippen LogP contribution in [-0.2, 0) is 21.8 Å². The third-order valence-corrected chi connectivity index (χ3v) is 10.2. The summed E-state index contributed by atoms with van der Waals surface area (Å²) in [6, 6.07) is 14.6. The fraction of sp³-hybridized carbons (Fsp3) is 0.235. The molecule has 1 fully saturated rings. The van der Waals surface area contributed by atoms with Crippen LogP contribution < -0.4 is 19.1 Å². The molecule has 47 heavy (non-hydrogen) atoms. The van der Waals surface area contributed by atoms with E-state index in [1.54, 1.807) is 54.6 Å². The first-order valence-corrected chi connectivity index (χ1v) is 17.3. The summed E-state index contributed by atoms with van der Waals surface area (Å²) in [5, 5.41) is 21.6. The van der Waals surface area contributed by atoms with E-state index in [0.717, 1.165) is 28.2 Å². The maximum absolute atomic E-state index is 13.8. The number of rotatable bonds is 11. The summed E-state index contributed by atoms with van der Waals surface area (Å²) in [6.07, 6.45) is 2.27. The summed E-state index contributed by atoms with van der Waals surface area (Å²) in [4.78, 5) is 28.9. The maximum Gasteiger partial charge on any atom is 0.301 e. The standard InChI is InChI=1S/C34H29Cl2N3O6S2/c1-4-12-44-26-11-7-19(15-27(26)43-5-2)29-28(30(40)20-8-10-25-22(14-20)13-18(3)45-25)31(41)32(42)39(29)33-37-38-34(47-33)46-17-21-6-9-23(35)16-24(21)36/h4,6-11,14-16,18,29,40H,1,5,12-13,17H2,2-3H3/b30-28+/t18-,29+/m0/s1. The van der Waals surface area contributed by atoms with Crippen molar-refractivity contribution in [3.8, 4) is 17.2 Å². The van der Waals surface area contributed by atoms with E-state index in [1.807, 2.05) is 19.9 Å². The zero-order valence-electron chi connectivity index (χ0n) is 25.4. The van der Waals surface area contributed by atoms with Crippen molar-refractivity contribution in [1.29, 1.82) is 0 Å². The highest BCUT2D eigenvalue weighted by molar-refractivity contribution is 8.00. The van der Waals surface area contributed by atoms with Crippen molar-refractivity contribution in [2.45, 2.75) is 42.5 Å². The molecule has 1 amide bonds. The Balaban J connectivity index is 1.42. The number of ether oxygens (including phenoxy) is 3. The second-order valence-corrected chi connectivity index (χ2v) is 13.8. The lowest BCUT2D eigenvalue weighted by molar-refractivity contribution is -0.132. The van der Waals surface area contributed by atoms with E-state index in [4.69, 9.17) is 37.4 Å². The van der Waals surface area contributed by atoms with E-state index in [2.05, 4.69) is 16.8 Å². The molecular formula is C34H29Cl2N3O6S2. The molecule has 3 heterocycles. The number of ketones is 1. The summed E-state index contributed by atoms with van der Waals surface area (Å²) in [6.45, 7) is 8.10. The molecule has 4 aromatic rings. The molecule has 9 nitrogen and oxygen atoms in total. The second kappa shape index (κ2) is 14.0. The number of benzene rings is 3. The molecule has 2 aliphatic rings. The van der Waals surface area contributed by atoms with Gasteiger partial charge in [-0.1, -0.05) is 71.1 Å². The molecule has 242 valence electrons. The van der Waals surface area contributed by atoms with Gasteiger partial charge in [0.1, 0.15) is 24.2 Å². The number of Topliss-reactive ketones (excluding diaryl/α,β-unsaturated/α-hetero) is 1. The monoisotopic (exact) mass is 709 g/mol. The highest BCUT2D eigenvalue weighted by atomic mass is 35.5. The van der Waals surface area contributed by atoms with E-state index in [-0.39, 0.29) is 29.2 Å². The number of fused-ring (bicyclic) bond motifs is 1. The van der Waals surface area contributed by atoms with Gasteiger partial charge < -0.3 is 19.3 Å². The van der Waals surface area contributed by atoms with Crippen LogP contribution in [-0.4, -0.2) is 46.3 Å². The second-order valence-electron chi connectivity index (χ2n) is 10.7. The Kier molecular flexibility index (Phi) is 9.79. The van der Waals surface area contributed by atoms with E-state index in [1.165, 1.54) is 16.7 Å². The number of halogens is 2. The zero-order valence-corrected chi connectivity index (χ0v) is 28.5. The lowest BCUT2D eigenvalue weighted by Crippen LogP contribution is -2.29. The van der Waals surface area contributed by atoms with Crippen LogP contribution in [0.4, 0.5) is 5.13 Å². The number of carbonyl (C=O) groups excluding carboxylic acids is 2. The topological polar surface area (TPSA) is 111 Å². The molecule has 1 aromatic heterocycles. The normalized spacial score (nSPS) is 18.3. The number of aliphatic hydroxyl groups excluding tert-OH is 1. The highest BCUT2D eigenvalue weighted by Gasteiger charge is 2.48. The zero-order chi connectivity index (χ0) is 33.2. The number of aromatic nitrogens is 2. The van der Waals surface area contributed by atoms with Gasteiger partial charge >= 0.3 is 5.91 Å². The highest BCUT2D eigenvalue weighted by Crippen LogP contribution is 2.46. The van der Waals surface area contributed by atoms with Crippen LogP contribution in [0.3, 0.4) is 0 Å². The van der Waals surface area contributed by atoms with E-state index < -0.39 is 17.7 Å². The first-order valence-electron chi connectivity index (χ1n) is 14.7. The number of aliphatic hydroxyl groups is 1. The Morgan fingerprint density at radius 2 is 1.96 bits per heavy atom. The van der Waals surface area contributed by atoms with Crippen molar-refractivity contribution in [2.75, 3.05) is 18.1 Å². The van der Waals surface area contributed by atoms with Crippen LogP contribution in [0.1, 0.15) is 42.1 Å². The third-order valence-electron chi connectivity index (χ3n) is 7.52. The number of amides is 1. The Bertz CT molecular complexity index is 1910. The first kappa shape index (κ1) is 32.9. The van der Waals surface area contributed by atoms with Gasteiger partial charge in [0.05, 0.1) is 18.2 Å². The maximum atomic E-state index is 13.8. The summed E-state index contributed by atoms with van der Waals surface area (Å²) < 4.78 is 18.0. The van der Waals surface area contributed by atoms with Crippen molar-refractivity contribution in [3.63, 3.8) is 0 Å². The SMILES string of the molecule is C=CCOc1ccc([C@@H]2/C(=C(\O)c3ccc4c(c3)C[C@H](C)O4)C(=O)C(=O)N2c2nnc(SCc3ccc(Cl)cc3Cl)s2)cc1OCC. The lowest BCUT2D eigenvalue weighted by Gasteiger charge is -2.23. The van der Waals surface area contributed by atoms with Gasteiger partial charge in [-0.15, -0.1) is 10.2 Å². The molecule has 0 spiro atoms. The fourth-order valence-electron chi connectivity index (χ4n) is 5.44. The van der Waals surface area contributed by atoms with Crippen LogP contribution in [0.5, 0.6) is 17.2 Å². The van der Waals surface area contributed by atoms with Gasteiger partial charge in [-0.3, -0.25) is 14.5 Å². The van der Waals surface area contributed by atoms with Crippen molar-refractivity contribution < 1.29 is 28.9 Å². The first-order chi connectivity index (χ1) is 22.7. The van der Waals surface area contributed by atoms with Crippen molar-refractivity contribution in [3.05, 3.63) is 105 Å². The Hall–Kier alpha value is -4.03. The van der Waals surface area contributed by atoms with Crippen molar-refractivity contribution in [1.82, 2.24) is 10.2 Å². The lowest BCUT2D eigenvalue weighted by atomic mass is 9.94. The molecule has 0 unspecified atom stereocenters. The molecular weight excluding hydrogens is 681 g/mol. The van der Waals surface area contributed by atoms with Gasteiger partial charge in [-0.05, 0) is 73.0 Å². The van der Waals surface area contributed by atoms with Crippen LogP contribution in [0.25, 0.3) is 5.76 Å². The fourth-order valence-corrected chi connectivity index (χ4v) is 7.86. The number of thioether (sulfide) groups is 1. The molecule has 0 radical (unpaired) electrons. The molecule has 3 aromatic carbocycles. The molecule has 2 aliphatic heterocycles. The van der Waals surface area contributed by atoms with E-state index >= 15 is 0 Å². The predicted molar refractivity (Wildman–Crippen MR) is 184 cm³/mol. The molecule has 1 N–H and O–H groups in total. The van der Waals surface area contributed by atoms with E-state index in [9.17, 15) is 14.7 Å². The van der Waals surface area contributed by atoms with Crippen LogP contribution in [0.15, 0.2) is 77.2 Å². The largest absolute Gasteiger partial charge is 0.507 e. The number of nitrogens with zero attached hydrogens (tertiary/aromatic N) is 3. The summed E-state index contributed by atoms with van der Waals surface area (Å²) in [5.74, 6) is 0.0938. The van der Waals surface area contributed by atoms with Crippen LogP contribution in [0, 0.1) is 0 Å². The Labute approximate surface area is 289 Å². The third kappa shape index (κ3) is 6.71. The van der Waals surface area contributed by atoms with Crippen molar-refractivity contribution >= 4 is 68.9 Å². The van der Waals surface area contributed by atoms with Crippen LogP contribution in [0.2, 0.25) is 10.0 Å². The smallest absolute Gasteiger partial charge is 0.301 e. The Morgan fingerprint density at radius 1 is 1.13 bits per heavy atom. The summed E-state index contributed by atoms with van der Waals surface area (Å²) in [5.41, 5.74) is 2.58. The summed E-state index contributed by atoms with van der Waals surface area (Å²) >= 11 is 14.9. The molecule has 0 saturated carbocycles. The minimum atomic E-state index is -1.04. The number of hydrogen-bond donors (Lipinski definition) is 1. The quantitative estimate of drug-likeness (QED) is 0.0413. The van der Waals surface area contributed by atoms with Gasteiger partial charge in [0, 0.05) is 27.8 Å². The summed E-state index contributed by atoms with van der Waals surface area (Å²) in [7, 11) is 0.